The Morgan fingerprint density at radius 1 is 1.04 bits per heavy atom. The van der Waals surface area contributed by atoms with Crippen molar-refractivity contribution in [2.45, 2.75) is 13.0 Å². The molecule has 8 heteroatoms. The molecule has 0 bridgehead atoms. The molecule has 0 radical (unpaired) electrons. The molecule has 1 aromatic carbocycles. The van der Waals surface area contributed by atoms with Crippen LogP contribution in [0.25, 0.3) is 0 Å². The van der Waals surface area contributed by atoms with Crippen LogP contribution < -0.4 is 16.0 Å². The van der Waals surface area contributed by atoms with Gasteiger partial charge in [0.2, 0.25) is 11.8 Å². The van der Waals surface area contributed by atoms with Gasteiger partial charge in [-0.2, -0.15) is 0 Å². The molecule has 132 valence electrons. The molecule has 0 spiro atoms. The van der Waals surface area contributed by atoms with Gasteiger partial charge in [-0.1, -0.05) is 29.8 Å². The predicted molar refractivity (Wildman–Crippen MR) is 92.1 cm³/mol. The maximum absolute atomic E-state index is 11.9. The summed E-state index contributed by atoms with van der Waals surface area (Å²) >= 11 is 6.07. The monoisotopic (exact) mass is 363 g/mol. The third kappa shape index (κ3) is 5.65. The minimum absolute atomic E-state index is 0.110. The zero-order valence-electron chi connectivity index (χ0n) is 13.5. The van der Waals surface area contributed by atoms with Gasteiger partial charge in [0, 0.05) is 5.02 Å². The molecule has 2 aromatic rings. The van der Waals surface area contributed by atoms with Crippen molar-refractivity contribution in [2.75, 3.05) is 13.1 Å². The van der Waals surface area contributed by atoms with E-state index in [1.165, 1.54) is 12.3 Å². The minimum Gasteiger partial charge on any atom is -0.459 e. The largest absolute Gasteiger partial charge is 0.459 e. The number of hydrogen-bond donors (Lipinski definition) is 3. The summed E-state index contributed by atoms with van der Waals surface area (Å²) in [6.45, 7) is 1.33. The fourth-order valence-electron chi connectivity index (χ4n) is 2.09. The molecule has 0 fully saturated rings. The van der Waals surface area contributed by atoms with E-state index in [1.54, 1.807) is 25.1 Å². The van der Waals surface area contributed by atoms with Gasteiger partial charge in [-0.15, -0.1) is 0 Å². The molecule has 7 nitrogen and oxygen atoms in total. The van der Waals surface area contributed by atoms with E-state index >= 15 is 0 Å². The summed E-state index contributed by atoms with van der Waals surface area (Å²) in [5.74, 6) is -1.24. The Kier molecular flexibility index (Phi) is 6.59. The Labute approximate surface area is 149 Å². The van der Waals surface area contributed by atoms with Crippen LogP contribution >= 0.6 is 11.6 Å². The summed E-state index contributed by atoms with van der Waals surface area (Å²) in [5, 5.41) is 8.11. The van der Waals surface area contributed by atoms with Crippen molar-refractivity contribution in [1.29, 1.82) is 0 Å². The second-order valence-electron chi connectivity index (χ2n) is 5.25. The molecule has 1 unspecified atom stereocenters. The molecular weight excluding hydrogens is 346 g/mol. The summed E-state index contributed by atoms with van der Waals surface area (Å²) in [6.07, 6.45) is 1.36. The van der Waals surface area contributed by atoms with E-state index in [0.29, 0.717) is 5.02 Å². The highest BCUT2D eigenvalue weighted by atomic mass is 35.5. The van der Waals surface area contributed by atoms with Crippen LogP contribution in [0.4, 0.5) is 0 Å². The third-order valence-corrected chi connectivity index (χ3v) is 3.69. The van der Waals surface area contributed by atoms with E-state index < -0.39 is 11.8 Å². The molecule has 25 heavy (non-hydrogen) atoms. The van der Waals surface area contributed by atoms with Crippen molar-refractivity contribution in [3.05, 3.63) is 59.0 Å². The standard InChI is InChI=1S/C17H18ClN3O4/c1-11(12-5-2-3-6-13(12)18)21-16(23)10-19-15(22)9-20-17(24)14-7-4-8-25-14/h2-8,11H,9-10H2,1H3,(H,19,22)(H,20,24)(H,21,23). The van der Waals surface area contributed by atoms with Gasteiger partial charge >= 0.3 is 0 Å². The number of nitrogens with one attached hydrogen (secondary N) is 3. The SMILES string of the molecule is CC(NC(=O)CNC(=O)CNC(=O)c1ccco1)c1ccccc1Cl. The summed E-state index contributed by atoms with van der Waals surface area (Å²) in [6, 6.07) is 9.94. The Morgan fingerprint density at radius 3 is 2.44 bits per heavy atom. The van der Waals surface area contributed by atoms with Gasteiger partial charge < -0.3 is 20.4 Å². The molecule has 1 heterocycles. The zero-order chi connectivity index (χ0) is 18.2. The lowest BCUT2D eigenvalue weighted by Gasteiger charge is -2.16. The summed E-state index contributed by atoms with van der Waals surface area (Å²) < 4.78 is 4.90. The number of furan rings is 1. The lowest BCUT2D eigenvalue weighted by atomic mass is 10.1. The highest BCUT2D eigenvalue weighted by Crippen LogP contribution is 2.21. The highest BCUT2D eigenvalue weighted by molar-refractivity contribution is 6.31. The van der Waals surface area contributed by atoms with Gasteiger partial charge in [-0.05, 0) is 30.7 Å². The topological polar surface area (TPSA) is 100 Å². The van der Waals surface area contributed by atoms with Crippen LogP contribution in [0.2, 0.25) is 5.02 Å². The number of carbonyl (C=O) groups excluding carboxylic acids is 3. The fourth-order valence-corrected chi connectivity index (χ4v) is 2.39. The Balaban J connectivity index is 1.71. The van der Waals surface area contributed by atoms with Gasteiger partial charge in [-0.25, -0.2) is 0 Å². The van der Waals surface area contributed by atoms with Gasteiger partial charge in [0.05, 0.1) is 25.4 Å². The van der Waals surface area contributed by atoms with Gasteiger partial charge in [0.1, 0.15) is 0 Å². The third-order valence-electron chi connectivity index (χ3n) is 3.35. The molecule has 0 aliphatic heterocycles. The van der Waals surface area contributed by atoms with Crippen molar-refractivity contribution >= 4 is 29.3 Å². The average molecular weight is 364 g/mol. The number of halogens is 1. The second-order valence-corrected chi connectivity index (χ2v) is 5.65. The van der Waals surface area contributed by atoms with E-state index in [1.807, 2.05) is 12.1 Å². The van der Waals surface area contributed by atoms with Crippen LogP contribution in [0, 0.1) is 0 Å². The van der Waals surface area contributed by atoms with E-state index in [0.717, 1.165) is 5.56 Å². The zero-order valence-corrected chi connectivity index (χ0v) is 14.3. The van der Waals surface area contributed by atoms with Crippen molar-refractivity contribution in [3.63, 3.8) is 0 Å². The summed E-state index contributed by atoms with van der Waals surface area (Å²) in [7, 11) is 0. The van der Waals surface area contributed by atoms with Crippen LogP contribution in [-0.2, 0) is 9.59 Å². The highest BCUT2D eigenvalue weighted by Gasteiger charge is 2.14. The molecule has 0 aliphatic rings. The smallest absolute Gasteiger partial charge is 0.287 e. The van der Waals surface area contributed by atoms with E-state index in [9.17, 15) is 14.4 Å². The van der Waals surface area contributed by atoms with Crippen molar-refractivity contribution in [1.82, 2.24) is 16.0 Å². The van der Waals surface area contributed by atoms with Crippen LogP contribution in [-0.4, -0.2) is 30.8 Å². The molecule has 0 saturated heterocycles. The van der Waals surface area contributed by atoms with Gasteiger partial charge in [-0.3, -0.25) is 14.4 Å². The first kappa shape index (κ1) is 18.5. The molecular formula is C17H18ClN3O4. The molecule has 0 saturated carbocycles. The molecule has 1 atom stereocenters. The van der Waals surface area contributed by atoms with Crippen LogP contribution in [0.1, 0.15) is 29.1 Å². The Hall–Kier alpha value is -2.80. The first-order chi connectivity index (χ1) is 12.0. The molecule has 0 aliphatic carbocycles. The lowest BCUT2D eigenvalue weighted by Crippen LogP contribution is -2.42. The maximum atomic E-state index is 11.9. The minimum atomic E-state index is -0.503. The van der Waals surface area contributed by atoms with Crippen molar-refractivity contribution in [2.24, 2.45) is 0 Å². The normalized spacial score (nSPS) is 11.4. The molecule has 3 amide bonds. The van der Waals surface area contributed by atoms with Gasteiger partial charge in [0.25, 0.3) is 5.91 Å². The van der Waals surface area contributed by atoms with Crippen LogP contribution in [0.3, 0.4) is 0 Å². The summed E-state index contributed by atoms with van der Waals surface area (Å²) in [5.41, 5.74) is 0.787. The summed E-state index contributed by atoms with van der Waals surface area (Å²) in [4.78, 5) is 35.2. The van der Waals surface area contributed by atoms with Crippen molar-refractivity contribution in [3.8, 4) is 0 Å². The van der Waals surface area contributed by atoms with E-state index in [2.05, 4.69) is 16.0 Å². The number of rotatable bonds is 7. The predicted octanol–water partition coefficient (Wildman–Crippen LogP) is 1.66. The fraction of sp³-hybridized carbons (Fsp3) is 0.235. The average Bonchev–Trinajstić information content (AvgIpc) is 3.12. The van der Waals surface area contributed by atoms with E-state index in [4.69, 9.17) is 16.0 Å². The van der Waals surface area contributed by atoms with Crippen LogP contribution in [0.5, 0.6) is 0 Å². The first-order valence-electron chi connectivity index (χ1n) is 7.59. The second kappa shape index (κ2) is 8.89. The number of benzene rings is 1. The first-order valence-corrected chi connectivity index (χ1v) is 7.97. The quantitative estimate of drug-likeness (QED) is 0.696. The molecule has 3 N–H and O–H groups in total. The Morgan fingerprint density at radius 2 is 1.76 bits per heavy atom. The number of carbonyl (C=O) groups is 3. The number of amides is 3. The Bertz CT molecular complexity index is 746. The van der Waals surface area contributed by atoms with Crippen molar-refractivity contribution < 1.29 is 18.8 Å². The number of hydrogen-bond acceptors (Lipinski definition) is 4. The lowest BCUT2D eigenvalue weighted by molar-refractivity contribution is -0.125. The molecule has 1 aromatic heterocycles. The van der Waals surface area contributed by atoms with Gasteiger partial charge in [0.15, 0.2) is 5.76 Å². The van der Waals surface area contributed by atoms with E-state index in [-0.39, 0.29) is 30.8 Å². The maximum Gasteiger partial charge on any atom is 0.287 e. The van der Waals surface area contributed by atoms with Crippen LogP contribution in [0.15, 0.2) is 47.1 Å². The molecule has 2 rings (SSSR count).